The Kier molecular flexibility index (Phi) is 10.2. The highest BCUT2D eigenvalue weighted by Crippen LogP contribution is 2.39. The molecule has 2 saturated heterocycles. The van der Waals surface area contributed by atoms with Crippen molar-refractivity contribution in [2.75, 3.05) is 26.7 Å². The summed E-state index contributed by atoms with van der Waals surface area (Å²) >= 11 is 0. The molecule has 4 aliphatic rings. The number of ether oxygens (including phenoxy) is 2. The number of fused-ring (bicyclic) bond motifs is 1. The van der Waals surface area contributed by atoms with Gasteiger partial charge in [-0.2, -0.15) is 0 Å². The normalized spacial score (nSPS) is 21.3. The predicted octanol–water partition coefficient (Wildman–Crippen LogP) is 4.06. The first kappa shape index (κ1) is 32.6. The Hall–Kier alpha value is -3.34. The minimum atomic E-state index is -0.672. The molecule has 0 radical (unpaired) electrons. The molecule has 1 atom stereocenters. The third-order valence-corrected chi connectivity index (χ3v) is 8.79. The zero-order valence-corrected chi connectivity index (χ0v) is 26.5. The van der Waals surface area contributed by atoms with Gasteiger partial charge in [-0.3, -0.25) is 24.6 Å². The smallest absolute Gasteiger partial charge is 0.410 e. The van der Waals surface area contributed by atoms with Gasteiger partial charge in [0.2, 0.25) is 11.8 Å². The summed E-state index contributed by atoms with van der Waals surface area (Å²) in [6, 6.07) is 3.68. The van der Waals surface area contributed by atoms with Crippen LogP contribution in [0.15, 0.2) is 12.1 Å². The lowest BCUT2D eigenvalue weighted by atomic mass is 9.88. The van der Waals surface area contributed by atoms with Crippen molar-refractivity contribution >= 4 is 23.8 Å². The van der Waals surface area contributed by atoms with Gasteiger partial charge in [-0.05, 0) is 84.8 Å². The van der Waals surface area contributed by atoms with Crippen LogP contribution in [0.1, 0.15) is 95.5 Å². The summed E-state index contributed by atoms with van der Waals surface area (Å²) in [5.41, 5.74) is 0.577. The van der Waals surface area contributed by atoms with Crippen molar-refractivity contribution in [1.29, 1.82) is 0 Å². The van der Waals surface area contributed by atoms with Gasteiger partial charge in [0.05, 0.1) is 13.7 Å². The number of aromatic hydroxyl groups is 1. The van der Waals surface area contributed by atoms with Crippen LogP contribution in [0.4, 0.5) is 4.79 Å². The number of benzene rings is 1. The number of phenols is 1. The highest BCUT2D eigenvalue weighted by molar-refractivity contribution is 6.05. The molecule has 3 fully saturated rings. The Balaban J connectivity index is 0.000000197. The number of carbonyl (C=O) groups is 4. The molecule has 3 aliphatic heterocycles. The molecule has 43 heavy (non-hydrogen) atoms. The summed E-state index contributed by atoms with van der Waals surface area (Å²) in [5, 5.41) is 12.0. The zero-order valence-electron chi connectivity index (χ0n) is 26.5. The van der Waals surface area contributed by atoms with E-state index in [0.717, 1.165) is 37.9 Å². The number of methoxy groups -OCH3 is 1. The Labute approximate surface area is 254 Å². The molecule has 3 heterocycles. The number of rotatable bonds is 6. The predicted molar refractivity (Wildman–Crippen MR) is 161 cm³/mol. The average Bonchev–Trinajstić information content (AvgIpc) is 3.23. The van der Waals surface area contributed by atoms with E-state index in [1.165, 1.54) is 49.9 Å². The van der Waals surface area contributed by atoms with Gasteiger partial charge in [0.25, 0.3) is 5.91 Å². The molecule has 1 aliphatic carbocycles. The molecule has 1 saturated carbocycles. The third-order valence-electron chi connectivity index (χ3n) is 8.79. The second-order valence-electron chi connectivity index (χ2n) is 13.3. The molecule has 238 valence electrons. The van der Waals surface area contributed by atoms with E-state index in [1.807, 2.05) is 25.7 Å². The van der Waals surface area contributed by atoms with Crippen LogP contribution in [0.25, 0.3) is 0 Å². The first-order valence-electron chi connectivity index (χ1n) is 15.6. The maximum absolute atomic E-state index is 12.4. The van der Waals surface area contributed by atoms with Crippen molar-refractivity contribution in [2.24, 2.45) is 5.92 Å². The van der Waals surface area contributed by atoms with Gasteiger partial charge < -0.3 is 24.4 Å². The number of carbonyl (C=O) groups excluding carboxylic acids is 4. The number of nitrogens with one attached hydrogen (secondary N) is 1. The number of nitrogens with zero attached hydrogens (tertiary/aromatic N) is 3. The number of imide groups is 1. The van der Waals surface area contributed by atoms with E-state index in [4.69, 9.17) is 9.47 Å². The zero-order chi connectivity index (χ0) is 31.5. The van der Waals surface area contributed by atoms with Crippen LogP contribution in [0.3, 0.4) is 0 Å². The number of amides is 4. The minimum Gasteiger partial charge on any atom is -0.504 e. The molecule has 0 bridgehead atoms. The molecular formula is C32H48N4O7. The summed E-state index contributed by atoms with van der Waals surface area (Å²) in [5.74, 6) is -0.157. The molecule has 1 unspecified atom stereocenters. The number of phenolic OH excluding ortho intramolecular Hbond substituents is 1. The van der Waals surface area contributed by atoms with Crippen molar-refractivity contribution in [1.82, 2.24) is 20.0 Å². The maximum atomic E-state index is 12.4. The molecule has 0 aromatic heterocycles. The van der Waals surface area contributed by atoms with Gasteiger partial charge in [-0.15, -0.1) is 0 Å². The van der Waals surface area contributed by atoms with E-state index in [2.05, 4.69) is 24.1 Å². The molecule has 2 N–H and O–H groups in total. The van der Waals surface area contributed by atoms with Crippen molar-refractivity contribution in [3.05, 3.63) is 23.3 Å². The Bertz CT molecular complexity index is 1200. The quantitative estimate of drug-likeness (QED) is 0.468. The Morgan fingerprint density at radius 3 is 2.30 bits per heavy atom. The third kappa shape index (κ3) is 7.79. The Morgan fingerprint density at radius 1 is 1.09 bits per heavy atom. The van der Waals surface area contributed by atoms with E-state index in [-0.39, 0.29) is 42.4 Å². The molecule has 1 aromatic rings. The van der Waals surface area contributed by atoms with Crippen LogP contribution in [-0.4, -0.2) is 94.1 Å². The fourth-order valence-electron chi connectivity index (χ4n) is 6.25. The van der Waals surface area contributed by atoms with Crippen LogP contribution in [0.2, 0.25) is 0 Å². The molecule has 11 heteroatoms. The van der Waals surface area contributed by atoms with Crippen LogP contribution < -0.4 is 10.1 Å². The van der Waals surface area contributed by atoms with Gasteiger partial charge in [-0.1, -0.05) is 6.42 Å². The summed E-state index contributed by atoms with van der Waals surface area (Å²) in [6.45, 7) is 13.5. The molecule has 4 amide bonds. The van der Waals surface area contributed by atoms with Gasteiger partial charge >= 0.3 is 6.09 Å². The van der Waals surface area contributed by atoms with Gasteiger partial charge in [-0.25, -0.2) is 4.79 Å². The number of piperidine rings is 2. The van der Waals surface area contributed by atoms with Gasteiger partial charge in [0.15, 0.2) is 11.5 Å². The first-order chi connectivity index (χ1) is 20.3. The molecule has 0 spiro atoms. The van der Waals surface area contributed by atoms with Crippen LogP contribution in [0, 0.1) is 5.92 Å². The number of hydrogen-bond donors (Lipinski definition) is 2. The summed E-state index contributed by atoms with van der Waals surface area (Å²) in [4.78, 5) is 53.6. The summed E-state index contributed by atoms with van der Waals surface area (Å²) < 4.78 is 10.6. The van der Waals surface area contributed by atoms with Gasteiger partial charge in [0, 0.05) is 49.3 Å². The fourth-order valence-corrected chi connectivity index (χ4v) is 6.25. The second kappa shape index (κ2) is 13.5. The summed E-state index contributed by atoms with van der Waals surface area (Å²) in [7, 11) is 1.41. The monoisotopic (exact) mass is 600 g/mol. The topological polar surface area (TPSA) is 129 Å². The second-order valence-corrected chi connectivity index (χ2v) is 13.3. The van der Waals surface area contributed by atoms with E-state index >= 15 is 0 Å². The van der Waals surface area contributed by atoms with Crippen molar-refractivity contribution < 1.29 is 33.8 Å². The maximum Gasteiger partial charge on any atom is 0.410 e. The van der Waals surface area contributed by atoms with E-state index < -0.39 is 17.6 Å². The first-order valence-corrected chi connectivity index (χ1v) is 15.6. The summed E-state index contributed by atoms with van der Waals surface area (Å²) in [6.07, 6.45) is 6.71. The lowest BCUT2D eigenvalue weighted by molar-refractivity contribution is -0.136. The largest absolute Gasteiger partial charge is 0.504 e. The van der Waals surface area contributed by atoms with E-state index in [1.54, 1.807) is 0 Å². The van der Waals surface area contributed by atoms with Crippen LogP contribution in [0.5, 0.6) is 11.5 Å². The highest BCUT2D eigenvalue weighted by atomic mass is 16.6. The average molecular weight is 601 g/mol. The SMILES string of the molecule is CC(C)N(CC1CCN(C(=O)OC(C)(C)C)CC1)C1CCC1.COc1c(O)ccc2c1CN(C1CCC(=O)NC1=O)C2=O. The lowest BCUT2D eigenvalue weighted by Gasteiger charge is -2.43. The molecule has 11 nitrogen and oxygen atoms in total. The number of likely N-dealkylation sites (tertiary alicyclic amines) is 1. The molecule has 1 aromatic carbocycles. The van der Waals surface area contributed by atoms with Crippen molar-refractivity contribution in [3.8, 4) is 11.5 Å². The highest BCUT2D eigenvalue weighted by Gasteiger charge is 2.40. The lowest BCUT2D eigenvalue weighted by Crippen LogP contribution is -2.52. The fraction of sp³-hybridized carbons (Fsp3) is 0.688. The van der Waals surface area contributed by atoms with E-state index in [0.29, 0.717) is 23.6 Å². The number of hydrogen-bond acceptors (Lipinski definition) is 8. The Morgan fingerprint density at radius 2 is 1.77 bits per heavy atom. The van der Waals surface area contributed by atoms with Crippen LogP contribution >= 0.6 is 0 Å². The standard InChI is InChI=1S/C18H34N2O2.C14H14N2O5/c1-14(2)20(16-7-6-8-16)13-15-9-11-19(12-10-15)17(21)22-18(3,4)5;1-21-12-8-6-16(9-3-5-11(18)15-13(9)19)14(20)7(8)2-4-10(12)17/h14-16H,6-13H2,1-5H3;2,4,9,17H,3,5-6H2,1H3,(H,15,18,19). The van der Waals surface area contributed by atoms with Crippen molar-refractivity contribution in [2.45, 2.75) is 110 Å². The molecular weight excluding hydrogens is 552 g/mol. The van der Waals surface area contributed by atoms with Crippen molar-refractivity contribution in [3.63, 3.8) is 0 Å². The molecule has 5 rings (SSSR count). The van der Waals surface area contributed by atoms with Crippen LogP contribution in [-0.2, 0) is 20.9 Å². The van der Waals surface area contributed by atoms with Gasteiger partial charge in [0.1, 0.15) is 11.6 Å². The minimum absolute atomic E-state index is 0.0471. The van der Waals surface area contributed by atoms with E-state index in [9.17, 15) is 24.3 Å².